The molecule has 22 nitrogen and oxygen atoms in total. The van der Waals surface area contributed by atoms with Crippen molar-refractivity contribution < 1.29 is 96.1 Å². The van der Waals surface area contributed by atoms with Gasteiger partial charge in [0.1, 0.15) is 25.4 Å². The lowest BCUT2D eigenvalue weighted by Crippen LogP contribution is -2.56. The molecule has 0 aromatic heterocycles. The summed E-state index contributed by atoms with van der Waals surface area (Å²) in [7, 11) is 2.79. The molecular weight excluding hydrogens is 821 g/mol. The third-order valence-corrected chi connectivity index (χ3v) is 9.30. The van der Waals surface area contributed by atoms with Crippen molar-refractivity contribution in [2.75, 3.05) is 37.8 Å². The van der Waals surface area contributed by atoms with E-state index in [2.05, 4.69) is 10.6 Å². The summed E-state index contributed by atoms with van der Waals surface area (Å²) in [6.45, 7) is 6.58. The van der Waals surface area contributed by atoms with E-state index in [1.54, 1.807) is 0 Å². The number of rotatable bonds is 27. The lowest BCUT2D eigenvalue weighted by molar-refractivity contribution is -0.197. The van der Waals surface area contributed by atoms with E-state index in [4.69, 9.17) is 37.9 Å². The van der Waals surface area contributed by atoms with Gasteiger partial charge in [0, 0.05) is 80.0 Å². The first-order valence-corrected chi connectivity index (χ1v) is 20.0. The number of hydrogen-bond acceptors (Lipinski definition) is 22. The minimum atomic E-state index is -1.89. The van der Waals surface area contributed by atoms with Crippen LogP contribution in [-0.4, -0.2) is 156 Å². The summed E-state index contributed by atoms with van der Waals surface area (Å²) in [4.78, 5) is 120. The number of amides is 2. The molecule has 0 heterocycles. The van der Waals surface area contributed by atoms with Gasteiger partial charge >= 0.3 is 47.8 Å². The summed E-state index contributed by atoms with van der Waals surface area (Å²) >= 11 is 0. The van der Waals surface area contributed by atoms with Gasteiger partial charge in [-0.3, -0.25) is 47.9 Å². The monoisotopic (exact) mass is 872 g/mol. The van der Waals surface area contributed by atoms with Gasteiger partial charge in [-0.25, -0.2) is 0 Å². The molecular formula is C34H52N2O20S2. The van der Waals surface area contributed by atoms with Crippen LogP contribution in [0.3, 0.4) is 0 Å². The summed E-state index contributed by atoms with van der Waals surface area (Å²) < 4.78 is 40.2. The van der Waals surface area contributed by atoms with Crippen LogP contribution in [0.1, 0.15) is 68.2 Å². The highest BCUT2D eigenvalue weighted by atomic mass is 33.1. The SMILES string of the molecule is CC(=O)OC[C@@H](O)[C@@H](OC(C)=O)[C@H](OC(C)=O)[C@@H](OC(C)=O)C(=O)NCCCSSCCCNC(=O)[C@H](OC(C)=O)[C@@H](OC(C)=O)[C@H](OC(C)=O)[C@H](O)COC(C)=O. The minimum absolute atomic E-state index is 0.0339. The Bertz CT molecular complexity index is 1330. The maximum absolute atomic E-state index is 13.2. The van der Waals surface area contributed by atoms with E-state index in [0.29, 0.717) is 24.3 Å². The first kappa shape index (κ1) is 53.3. The molecule has 0 aromatic rings. The number of esters is 8. The molecule has 0 aliphatic heterocycles. The van der Waals surface area contributed by atoms with Crippen LogP contribution in [0.2, 0.25) is 0 Å². The van der Waals surface area contributed by atoms with Crippen LogP contribution < -0.4 is 10.6 Å². The van der Waals surface area contributed by atoms with Gasteiger partial charge in [0.2, 0.25) is 12.2 Å². The quantitative estimate of drug-likeness (QED) is 0.0327. The van der Waals surface area contributed by atoms with E-state index in [1.807, 2.05) is 0 Å². The number of ether oxygens (including phenoxy) is 8. The van der Waals surface area contributed by atoms with Crippen LogP contribution in [0.5, 0.6) is 0 Å². The minimum Gasteiger partial charge on any atom is -0.463 e. The summed E-state index contributed by atoms with van der Waals surface area (Å²) in [5, 5.41) is 26.3. The fourth-order valence-electron chi connectivity index (χ4n) is 4.59. The number of hydrogen-bond donors (Lipinski definition) is 4. The summed E-state index contributed by atoms with van der Waals surface area (Å²) in [6.07, 6.45) is -13.9. The zero-order valence-electron chi connectivity index (χ0n) is 33.3. The van der Waals surface area contributed by atoms with Crippen molar-refractivity contribution in [1.29, 1.82) is 0 Å². The number of carbonyl (C=O) groups is 10. The van der Waals surface area contributed by atoms with Gasteiger partial charge in [-0.05, 0) is 12.8 Å². The molecule has 0 unspecified atom stereocenters. The molecule has 24 heteroatoms. The fourth-order valence-corrected chi connectivity index (χ4v) is 6.77. The maximum atomic E-state index is 13.2. The van der Waals surface area contributed by atoms with Crippen molar-refractivity contribution in [1.82, 2.24) is 10.6 Å². The van der Waals surface area contributed by atoms with Gasteiger partial charge in [0.15, 0.2) is 24.4 Å². The molecule has 330 valence electrons. The molecule has 0 fully saturated rings. The Kier molecular flexibility index (Phi) is 26.4. The van der Waals surface area contributed by atoms with Crippen molar-refractivity contribution in [2.45, 2.75) is 117 Å². The zero-order chi connectivity index (χ0) is 44.5. The second-order valence-electron chi connectivity index (χ2n) is 12.0. The Morgan fingerprint density at radius 3 is 0.966 bits per heavy atom. The van der Waals surface area contributed by atoms with E-state index in [9.17, 15) is 58.2 Å². The summed E-state index contributed by atoms with van der Waals surface area (Å²) in [5.41, 5.74) is 0. The first-order valence-electron chi connectivity index (χ1n) is 17.5. The lowest BCUT2D eigenvalue weighted by atomic mass is 10.0. The molecule has 0 aliphatic rings. The van der Waals surface area contributed by atoms with E-state index in [1.165, 1.54) is 21.6 Å². The lowest BCUT2D eigenvalue weighted by Gasteiger charge is -2.33. The predicted octanol–water partition coefficient (Wildman–Crippen LogP) is -1.18. The molecule has 4 N–H and O–H groups in total. The number of aliphatic hydroxyl groups is 2. The first-order chi connectivity index (χ1) is 27.1. The summed E-state index contributed by atoms with van der Waals surface area (Å²) in [5.74, 6) is -8.33. The molecule has 0 spiro atoms. The highest BCUT2D eigenvalue weighted by Crippen LogP contribution is 2.23. The standard InChI is InChI=1S/C34H52N2O20S2/c1-17(37)49-15-25(45)27(51-19(3)39)29(53-21(5)41)31(55-23(7)43)33(47)35-11-9-13-57-58-14-10-12-36-34(48)32(56-24(8)44)30(54-22(6)42)28(52-20(4)40)26(46)16-50-18(2)38/h25-32,45-46H,9-16H2,1-8H3,(H,35,47)(H,36,48)/t25-,26-,27-,28-,29+,30+,31-,32-/m1/s1. The second-order valence-corrected chi connectivity index (χ2v) is 14.7. The van der Waals surface area contributed by atoms with Crippen molar-refractivity contribution in [3.05, 3.63) is 0 Å². The Morgan fingerprint density at radius 1 is 0.431 bits per heavy atom. The van der Waals surface area contributed by atoms with Crippen LogP contribution in [-0.2, 0) is 85.8 Å². The number of carbonyl (C=O) groups excluding carboxylic acids is 10. The zero-order valence-corrected chi connectivity index (χ0v) is 35.0. The third-order valence-electron chi connectivity index (χ3n) is 6.72. The Morgan fingerprint density at radius 2 is 0.707 bits per heavy atom. The van der Waals surface area contributed by atoms with E-state index in [0.717, 1.165) is 55.4 Å². The Hall–Kier alpha value is -4.68. The van der Waals surface area contributed by atoms with E-state index < -0.39 is 122 Å². The van der Waals surface area contributed by atoms with Crippen molar-refractivity contribution in [3.63, 3.8) is 0 Å². The molecule has 0 aromatic carbocycles. The molecule has 0 bridgehead atoms. The Balaban J connectivity index is 5.38. The fraction of sp³-hybridized carbons (Fsp3) is 0.706. The van der Waals surface area contributed by atoms with Gasteiger partial charge in [-0.2, -0.15) is 0 Å². The molecule has 0 saturated carbocycles. The predicted molar refractivity (Wildman–Crippen MR) is 199 cm³/mol. The topological polar surface area (TPSA) is 309 Å². The van der Waals surface area contributed by atoms with E-state index >= 15 is 0 Å². The van der Waals surface area contributed by atoms with Gasteiger partial charge in [-0.1, -0.05) is 21.6 Å². The normalized spacial score (nSPS) is 14.9. The highest BCUT2D eigenvalue weighted by Gasteiger charge is 2.46. The van der Waals surface area contributed by atoms with Crippen LogP contribution in [0, 0.1) is 0 Å². The van der Waals surface area contributed by atoms with Gasteiger partial charge in [0.05, 0.1) is 0 Å². The summed E-state index contributed by atoms with van der Waals surface area (Å²) in [6, 6.07) is 0. The maximum Gasteiger partial charge on any atom is 0.303 e. The van der Waals surface area contributed by atoms with Crippen LogP contribution in [0.25, 0.3) is 0 Å². The second kappa shape index (κ2) is 28.7. The van der Waals surface area contributed by atoms with Crippen molar-refractivity contribution >= 4 is 81.2 Å². The average Bonchev–Trinajstić information content (AvgIpc) is 3.10. The molecule has 2 amide bonds. The smallest absolute Gasteiger partial charge is 0.303 e. The molecule has 0 aliphatic carbocycles. The third kappa shape index (κ3) is 23.5. The van der Waals surface area contributed by atoms with Crippen molar-refractivity contribution in [3.8, 4) is 0 Å². The van der Waals surface area contributed by atoms with Crippen molar-refractivity contribution in [2.24, 2.45) is 0 Å². The van der Waals surface area contributed by atoms with Gasteiger partial charge in [0.25, 0.3) is 11.8 Å². The van der Waals surface area contributed by atoms with Gasteiger partial charge in [-0.15, -0.1) is 0 Å². The largest absolute Gasteiger partial charge is 0.463 e. The van der Waals surface area contributed by atoms with Crippen LogP contribution in [0.15, 0.2) is 0 Å². The highest BCUT2D eigenvalue weighted by molar-refractivity contribution is 8.76. The molecule has 8 atom stereocenters. The van der Waals surface area contributed by atoms with Crippen LogP contribution >= 0.6 is 21.6 Å². The number of nitrogens with one attached hydrogen (secondary N) is 2. The van der Waals surface area contributed by atoms with Gasteiger partial charge < -0.3 is 58.7 Å². The van der Waals surface area contributed by atoms with Crippen LogP contribution in [0.4, 0.5) is 0 Å². The average molecular weight is 873 g/mol. The molecule has 0 rings (SSSR count). The Labute approximate surface area is 342 Å². The molecule has 0 saturated heterocycles. The number of aliphatic hydroxyl groups excluding tert-OH is 2. The molecule has 0 radical (unpaired) electrons. The molecule has 58 heavy (non-hydrogen) atoms. The van der Waals surface area contributed by atoms with E-state index in [-0.39, 0.29) is 13.1 Å².